The molecular formula is C10H8ClFN2O2. The van der Waals surface area contributed by atoms with Gasteiger partial charge in [0.1, 0.15) is 5.82 Å². The van der Waals surface area contributed by atoms with E-state index in [2.05, 4.69) is 5.32 Å². The smallest absolute Gasteiger partial charge is 0.324 e. The fourth-order valence-electron chi connectivity index (χ4n) is 1.47. The minimum atomic E-state index is -0.686. The van der Waals surface area contributed by atoms with Crippen LogP contribution >= 0.6 is 11.6 Å². The van der Waals surface area contributed by atoms with Crippen LogP contribution in [0.5, 0.6) is 0 Å². The zero-order valence-electron chi connectivity index (χ0n) is 8.17. The van der Waals surface area contributed by atoms with Crippen LogP contribution in [0.15, 0.2) is 18.2 Å². The molecule has 0 atom stereocenters. The molecular weight excluding hydrogens is 235 g/mol. The lowest BCUT2D eigenvalue weighted by Crippen LogP contribution is -2.34. The Balaban J connectivity index is 2.33. The number of halogens is 2. The average molecular weight is 243 g/mol. The van der Waals surface area contributed by atoms with Crippen LogP contribution in [0, 0.1) is 5.82 Å². The molecule has 1 aromatic rings. The maximum atomic E-state index is 13.4. The maximum Gasteiger partial charge on any atom is 0.324 e. The number of amides is 3. The fourth-order valence-corrected chi connectivity index (χ4v) is 1.64. The second-order valence-electron chi connectivity index (χ2n) is 3.31. The second-order valence-corrected chi connectivity index (χ2v) is 3.75. The van der Waals surface area contributed by atoms with Gasteiger partial charge in [0.05, 0.1) is 5.56 Å². The van der Waals surface area contributed by atoms with E-state index in [4.69, 9.17) is 11.6 Å². The van der Waals surface area contributed by atoms with Crippen LogP contribution in [0.25, 0.3) is 0 Å². The number of hydrogen-bond donors (Lipinski definition) is 1. The minimum absolute atomic E-state index is 0.190. The first-order valence-electron chi connectivity index (χ1n) is 4.64. The van der Waals surface area contributed by atoms with E-state index in [1.807, 2.05) is 0 Å². The highest BCUT2D eigenvalue weighted by Gasteiger charge is 2.28. The monoisotopic (exact) mass is 242 g/mol. The van der Waals surface area contributed by atoms with Gasteiger partial charge in [-0.05, 0) is 18.2 Å². The summed E-state index contributed by atoms with van der Waals surface area (Å²) in [5.74, 6) is -1.36. The van der Waals surface area contributed by atoms with E-state index in [9.17, 15) is 14.0 Å². The van der Waals surface area contributed by atoms with Crippen LogP contribution in [0.3, 0.4) is 0 Å². The van der Waals surface area contributed by atoms with Crippen molar-refractivity contribution in [2.24, 2.45) is 0 Å². The van der Waals surface area contributed by atoms with Crippen LogP contribution < -0.4 is 5.32 Å². The van der Waals surface area contributed by atoms with Crippen molar-refractivity contribution < 1.29 is 14.0 Å². The van der Waals surface area contributed by atoms with Gasteiger partial charge in [-0.2, -0.15) is 0 Å². The first-order valence-corrected chi connectivity index (χ1v) is 5.02. The highest BCUT2D eigenvalue weighted by Crippen LogP contribution is 2.17. The fraction of sp³-hybridized carbons (Fsp3) is 0.200. The number of benzene rings is 1. The number of nitrogens with zero attached hydrogens (tertiary/aromatic N) is 1. The standard InChI is InChI=1S/C10H8ClFN2O2/c11-6-1-2-8(12)7(5-6)9(15)14-4-3-13-10(14)16/h1-2,5H,3-4H2,(H,13,16). The van der Waals surface area contributed by atoms with Gasteiger partial charge in [0.25, 0.3) is 5.91 Å². The van der Waals surface area contributed by atoms with Crippen molar-refractivity contribution in [2.75, 3.05) is 13.1 Å². The molecule has 0 spiro atoms. The van der Waals surface area contributed by atoms with Crippen molar-refractivity contribution in [1.82, 2.24) is 10.2 Å². The Morgan fingerprint density at radius 1 is 1.50 bits per heavy atom. The molecule has 1 aromatic carbocycles. The molecule has 1 fully saturated rings. The van der Waals surface area contributed by atoms with Crippen molar-refractivity contribution in [2.45, 2.75) is 0 Å². The number of carbonyl (C=O) groups excluding carboxylic acids is 2. The second kappa shape index (κ2) is 4.09. The Morgan fingerprint density at radius 2 is 2.25 bits per heavy atom. The predicted octanol–water partition coefficient (Wildman–Crippen LogP) is 1.64. The summed E-state index contributed by atoms with van der Waals surface area (Å²) in [4.78, 5) is 24.0. The largest absolute Gasteiger partial charge is 0.336 e. The summed E-state index contributed by atoms with van der Waals surface area (Å²) >= 11 is 5.67. The average Bonchev–Trinajstić information content (AvgIpc) is 2.67. The summed E-state index contributed by atoms with van der Waals surface area (Å²) in [6.07, 6.45) is 0. The first-order chi connectivity index (χ1) is 7.59. The van der Waals surface area contributed by atoms with Crippen LogP contribution in [-0.2, 0) is 0 Å². The van der Waals surface area contributed by atoms with Crippen LogP contribution in [0.2, 0.25) is 5.02 Å². The third kappa shape index (κ3) is 1.86. The normalized spacial score (nSPS) is 15.1. The number of urea groups is 1. The predicted molar refractivity (Wildman–Crippen MR) is 55.8 cm³/mol. The van der Waals surface area contributed by atoms with E-state index in [0.717, 1.165) is 11.0 Å². The van der Waals surface area contributed by atoms with Crippen molar-refractivity contribution >= 4 is 23.5 Å². The molecule has 1 aliphatic rings. The number of hydrogen-bond acceptors (Lipinski definition) is 2. The first kappa shape index (κ1) is 10.9. The van der Waals surface area contributed by atoms with Crippen molar-refractivity contribution in [1.29, 1.82) is 0 Å². The molecule has 0 bridgehead atoms. The van der Waals surface area contributed by atoms with Crippen LogP contribution in [0.1, 0.15) is 10.4 Å². The zero-order chi connectivity index (χ0) is 11.7. The number of imide groups is 1. The Bertz CT molecular complexity index is 464. The Labute approximate surface area is 96.0 Å². The van der Waals surface area contributed by atoms with Crippen LogP contribution in [-0.4, -0.2) is 29.9 Å². The summed E-state index contributed by atoms with van der Waals surface area (Å²) in [5.41, 5.74) is -0.190. The molecule has 2 rings (SSSR count). The van der Waals surface area contributed by atoms with Gasteiger partial charge in [0, 0.05) is 18.1 Å². The van der Waals surface area contributed by atoms with Gasteiger partial charge in [0.15, 0.2) is 0 Å². The molecule has 84 valence electrons. The molecule has 0 aromatic heterocycles. The number of rotatable bonds is 1. The van der Waals surface area contributed by atoms with E-state index in [0.29, 0.717) is 6.54 Å². The zero-order valence-corrected chi connectivity index (χ0v) is 8.92. The summed E-state index contributed by atoms with van der Waals surface area (Å²) in [6, 6.07) is 3.15. The molecule has 0 saturated carbocycles. The lowest BCUT2D eigenvalue weighted by Gasteiger charge is -2.12. The Hall–Kier alpha value is -1.62. The summed E-state index contributed by atoms with van der Waals surface area (Å²) in [6.45, 7) is 0.621. The van der Waals surface area contributed by atoms with Gasteiger partial charge < -0.3 is 5.32 Å². The van der Waals surface area contributed by atoms with E-state index in [1.54, 1.807) is 0 Å². The number of carbonyl (C=O) groups is 2. The summed E-state index contributed by atoms with van der Waals surface area (Å²) in [5, 5.41) is 2.72. The van der Waals surface area contributed by atoms with E-state index < -0.39 is 17.8 Å². The molecule has 0 unspecified atom stereocenters. The summed E-state index contributed by atoms with van der Waals surface area (Å²) in [7, 11) is 0. The highest BCUT2D eigenvalue weighted by molar-refractivity contribution is 6.31. The van der Waals surface area contributed by atoms with E-state index in [-0.39, 0.29) is 17.1 Å². The molecule has 4 nitrogen and oxygen atoms in total. The quantitative estimate of drug-likeness (QED) is 0.814. The molecule has 0 radical (unpaired) electrons. The minimum Gasteiger partial charge on any atom is -0.336 e. The molecule has 0 aliphatic carbocycles. The van der Waals surface area contributed by atoms with Crippen molar-refractivity contribution in [3.8, 4) is 0 Å². The topological polar surface area (TPSA) is 49.4 Å². The van der Waals surface area contributed by atoms with Crippen molar-refractivity contribution in [3.63, 3.8) is 0 Å². The molecule has 1 aliphatic heterocycles. The highest BCUT2D eigenvalue weighted by atomic mass is 35.5. The number of nitrogens with one attached hydrogen (secondary N) is 1. The lowest BCUT2D eigenvalue weighted by molar-refractivity contribution is 0.0825. The van der Waals surface area contributed by atoms with Gasteiger partial charge in [-0.15, -0.1) is 0 Å². The lowest BCUT2D eigenvalue weighted by atomic mass is 10.2. The van der Waals surface area contributed by atoms with Crippen molar-refractivity contribution in [3.05, 3.63) is 34.6 Å². The molecule has 6 heteroatoms. The van der Waals surface area contributed by atoms with Gasteiger partial charge in [-0.1, -0.05) is 11.6 Å². The third-order valence-corrected chi connectivity index (χ3v) is 2.50. The van der Waals surface area contributed by atoms with Gasteiger partial charge in [-0.3, -0.25) is 9.69 Å². The maximum absolute atomic E-state index is 13.4. The van der Waals surface area contributed by atoms with E-state index in [1.165, 1.54) is 12.1 Å². The SMILES string of the molecule is O=C1NCCN1C(=O)c1cc(Cl)ccc1F. The molecule has 16 heavy (non-hydrogen) atoms. The molecule has 1 N–H and O–H groups in total. The molecule has 1 saturated heterocycles. The molecule has 3 amide bonds. The van der Waals surface area contributed by atoms with Crippen LogP contribution in [0.4, 0.5) is 9.18 Å². The van der Waals surface area contributed by atoms with E-state index >= 15 is 0 Å². The Morgan fingerprint density at radius 3 is 2.88 bits per heavy atom. The van der Waals surface area contributed by atoms with Gasteiger partial charge in [0.2, 0.25) is 0 Å². The van der Waals surface area contributed by atoms with Gasteiger partial charge >= 0.3 is 6.03 Å². The Kier molecular flexibility index (Phi) is 2.78. The van der Waals surface area contributed by atoms with Gasteiger partial charge in [-0.25, -0.2) is 9.18 Å². The summed E-state index contributed by atoms with van der Waals surface area (Å²) < 4.78 is 13.4. The molecule has 1 heterocycles. The third-order valence-electron chi connectivity index (χ3n) is 2.26.